The molecule has 3 rings (SSSR count). The van der Waals surface area contributed by atoms with Crippen molar-refractivity contribution in [2.45, 2.75) is 40.0 Å². The molecule has 0 unspecified atom stereocenters. The van der Waals surface area contributed by atoms with Crippen LogP contribution >= 0.6 is 0 Å². The number of nitrogens with one attached hydrogen (secondary N) is 1. The molecule has 1 aromatic heterocycles. The Morgan fingerprint density at radius 1 is 1.40 bits per heavy atom. The van der Waals surface area contributed by atoms with Gasteiger partial charge in [0.1, 0.15) is 11.3 Å². The van der Waals surface area contributed by atoms with Crippen molar-refractivity contribution in [2.24, 2.45) is 5.41 Å². The predicted octanol–water partition coefficient (Wildman–Crippen LogP) is 5.47. The molecule has 2 aromatic rings. The zero-order valence-electron chi connectivity index (χ0n) is 15.1. The molecule has 0 saturated carbocycles. The molecule has 25 heavy (non-hydrogen) atoms. The lowest BCUT2D eigenvalue weighted by Gasteiger charge is -2.35. The van der Waals surface area contributed by atoms with E-state index in [0.29, 0.717) is 5.76 Å². The summed E-state index contributed by atoms with van der Waals surface area (Å²) in [6.45, 7) is 7.70. The van der Waals surface area contributed by atoms with Gasteiger partial charge in [-0.2, -0.15) is 0 Å². The van der Waals surface area contributed by atoms with Crippen molar-refractivity contribution >= 4 is 28.7 Å². The van der Waals surface area contributed by atoms with Crippen LogP contribution in [0.1, 0.15) is 45.8 Å². The number of fused-ring (bicyclic) bond motifs is 1. The molecule has 4 heteroatoms. The maximum Gasteiger partial charge on any atom is 0.328 e. The summed E-state index contributed by atoms with van der Waals surface area (Å²) in [5, 5.41) is 13.3. The average Bonchev–Trinajstić information content (AvgIpc) is 2.95. The van der Waals surface area contributed by atoms with Crippen LogP contribution in [0.5, 0.6) is 0 Å². The summed E-state index contributed by atoms with van der Waals surface area (Å²) in [6.07, 6.45) is 6.23. The van der Waals surface area contributed by atoms with Crippen molar-refractivity contribution in [2.75, 3.05) is 11.9 Å². The summed E-state index contributed by atoms with van der Waals surface area (Å²) >= 11 is 0. The highest BCUT2D eigenvalue weighted by molar-refractivity contribution is 5.93. The summed E-state index contributed by atoms with van der Waals surface area (Å²) in [6, 6.07) is 7.76. The fourth-order valence-corrected chi connectivity index (χ4v) is 3.72. The third-order valence-corrected chi connectivity index (χ3v) is 5.11. The molecule has 0 atom stereocenters. The molecule has 0 spiro atoms. The number of carboxylic acids is 1. The van der Waals surface area contributed by atoms with E-state index in [2.05, 4.69) is 26.1 Å². The molecule has 0 fully saturated rings. The van der Waals surface area contributed by atoms with E-state index in [1.54, 1.807) is 0 Å². The Bertz CT molecular complexity index is 855. The van der Waals surface area contributed by atoms with Gasteiger partial charge < -0.3 is 14.8 Å². The quantitative estimate of drug-likeness (QED) is 0.560. The highest BCUT2D eigenvalue weighted by atomic mass is 16.4. The van der Waals surface area contributed by atoms with E-state index in [0.717, 1.165) is 29.3 Å². The first kappa shape index (κ1) is 17.3. The van der Waals surface area contributed by atoms with Gasteiger partial charge in [0.2, 0.25) is 0 Å². The lowest BCUT2D eigenvalue weighted by atomic mass is 9.73. The molecule has 0 amide bonds. The van der Waals surface area contributed by atoms with Crippen LogP contribution < -0.4 is 5.32 Å². The van der Waals surface area contributed by atoms with E-state index >= 15 is 0 Å². The molecular weight excluding hydrogens is 314 g/mol. The van der Waals surface area contributed by atoms with Gasteiger partial charge in [-0.25, -0.2) is 4.79 Å². The van der Waals surface area contributed by atoms with E-state index in [9.17, 15) is 4.79 Å². The number of furan rings is 1. The topological polar surface area (TPSA) is 62.5 Å². The van der Waals surface area contributed by atoms with Crippen LogP contribution in [0.4, 0.5) is 5.69 Å². The third-order valence-electron chi connectivity index (χ3n) is 5.11. The predicted molar refractivity (Wildman–Crippen MR) is 102 cm³/mol. The van der Waals surface area contributed by atoms with Crippen molar-refractivity contribution in [1.82, 2.24) is 0 Å². The largest absolute Gasteiger partial charge is 0.478 e. The molecule has 1 aliphatic rings. The van der Waals surface area contributed by atoms with Gasteiger partial charge in [0.15, 0.2) is 0 Å². The SMILES string of the molecule is CC1=C(CNc2cccc3oc(C=CC(=O)O)cc23)C(C)(C)CCC1. The Balaban J connectivity index is 1.85. The second-order valence-corrected chi connectivity index (χ2v) is 7.39. The molecule has 0 aliphatic heterocycles. The lowest BCUT2D eigenvalue weighted by Crippen LogP contribution is -2.25. The number of aliphatic carboxylic acids is 1. The molecule has 1 aliphatic carbocycles. The maximum atomic E-state index is 10.7. The van der Waals surface area contributed by atoms with Crippen LogP contribution in [0.2, 0.25) is 0 Å². The normalized spacial score (nSPS) is 17.4. The summed E-state index contributed by atoms with van der Waals surface area (Å²) < 4.78 is 5.71. The van der Waals surface area contributed by atoms with Crippen molar-refractivity contribution < 1.29 is 14.3 Å². The van der Waals surface area contributed by atoms with Crippen LogP contribution in [0.25, 0.3) is 17.0 Å². The first-order valence-corrected chi connectivity index (χ1v) is 8.73. The number of anilines is 1. The maximum absolute atomic E-state index is 10.7. The van der Waals surface area contributed by atoms with E-state index in [1.807, 2.05) is 24.3 Å². The third kappa shape index (κ3) is 3.78. The monoisotopic (exact) mass is 339 g/mol. The molecule has 1 aromatic carbocycles. The summed E-state index contributed by atoms with van der Waals surface area (Å²) in [4.78, 5) is 10.7. The molecule has 1 heterocycles. The summed E-state index contributed by atoms with van der Waals surface area (Å²) in [5.74, 6) is -0.444. The number of rotatable bonds is 5. The fraction of sp³-hybridized carbons (Fsp3) is 0.381. The minimum absolute atomic E-state index is 0.231. The number of hydrogen-bond acceptors (Lipinski definition) is 3. The lowest BCUT2D eigenvalue weighted by molar-refractivity contribution is -0.131. The van der Waals surface area contributed by atoms with Crippen LogP contribution in [-0.4, -0.2) is 17.6 Å². The van der Waals surface area contributed by atoms with E-state index in [-0.39, 0.29) is 5.41 Å². The molecule has 0 radical (unpaired) electrons. The Labute approximate surface area is 148 Å². The van der Waals surface area contributed by atoms with E-state index in [1.165, 1.54) is 36.5 Å². The number of carbonyl (C=O) groups is 1. The van der Waals surface area contributed by atoms with Gasteiger partial charge in [-0.1, -0.05) is 25.5 Å². The highest BCUT2D eigenvalue weighted by Crippen LogP contribution is 2.40. The minimum atomic E-state index is -0.985. The van der Waals surface area contributed by atoms with Gasteiger partial charge in [-0.05, 0) is 61.4 Å². The standard InChI is InChI=1S/C21H25NO3/c1-14-6-5-11-21(2,3)17(14)13-22-18-7-4-8-19-16(18)12-15(25-19)9-10-20(23)24/h4,7-10,12,22H,5-6,11,13H2,1-3H3,(H,23,24). The second-order valence-electron chi connectivity index (χ2n) is 7.39. The van der Waals surface area contributed by atoms with Crippen LogP contribution in [0, 0.1) is 5.41 Å². The molecule has 4 nitrogen and oxygen atoms in total. The zero-order valence-corrected chi connectivity index (χ0v) is 15.1. The van der Waals surface area contributed by atoms with Gasteiger partial charge in [0, 0.05) is 23.7 Å². The first-order chi connectivity index (χ1) is 11.9. The summed E-state index contributed by atoms with van der Waals surface area (Å²) in [5.41, 5.74) is 4.98. The van der Waals surface area contributed by atoms with Gasteiger partial charge in [0.25, 0.3) is 0 Å². The molecule has 0 saturated heterocycles. The first-order valence-electron chi connectivity index (χ1n) is 8.73. The van der Waals surface area contributed by atoms with Crippen molar-refractivity contribution in [1.29, 1.82) is 0 Å². The molecular formula is C21H25NO3. The number of carboxylic acid groups (broad SMARTS) is 1. The minimum Gasteiger partial charge on any atom is -0.478 e. The van der Waals surface area contributed by atoms with Crippen LogP contribution in [0.15, 0.2) is 45.9 Å². The van der Waals surface area contributed by atoms with Gasteiger partial charge >= 0.3 is 5.97 Å². The smallest absolute Gasteiger partial charge is 0.328 e. The highest BCUT2D eigenvalue weighted by Gasteiger charge is 2.28. The number of allylic oxidation sites excluding steroid dienone is 1. The zero-order chi connectivity index (χ0) is 18.0. The van der Waals surface area contributed by atoms with Crippen molar-refractivity contribution in [3.8, 4) is 0 Å². The van der Waals surface area contributed by atoms with Gasteiger partial charge in [-0.15, -0.1) is 0 Å². The van der Waals surface area contributed by atoms with Gasteiger partial charge in [-0.3, -0.25) is 0 Å². The number of hydrogen-bond donors (Lipinski definition) is 2. The number of benzene rings is 1. The Morgan fingerprint density at radius 2 is 2.20 bits per heavy atom. The average molecular weight is 339 g/mol. The summed E-state index contributed by atoms with van der Waals surface area (Å²) in [7, 11) is 0. The molecule has 2 N–H and O–H groups in total. The molecule has 132 valence electrons. The Morgan fingerprint density at radius 3 is 2.92 bits per heavy atom. The van der Waals surface area contributed by atoms with Crippen molar-refractivity contribution in [3.05, 3.63) is 47.2 Å². The fourth-order valence-electron chi connectivity index (χ4n) is 3.72. The Hall–Kier alpha value is -2.49. The van der Waals surface area contributed by atoms with Crippen LogP contribution in [-0.2, 0) is 4.79 Å². The van der Waals surface area contributed by atoms with Crippen LogP contribution in [0.3, 0.4) is 0 Å². The van der Waals surface area contributed by atoms with Gasteiger partial charge in [0.05, 0.1) is 0 Å². The van der Waals surface area contributed by atoms with E-state index in [4.69, 9.17) is 9.52 Å². The Kier molecular flexibility index (Phi) is 4.71. The van der Waals surface area contributed by atoms with E-state index < -0.39 is 5.97 Å². The molecule has 0 bridgehead atoms. The second kappa shape index (κ2) is 6.79. The van der Waals surface area contributed by atoms with Crippen molar-refractivity contribution in [3.63, 3.8) is 0 Å².